The number of nitrogens with one attached hydrogen (secondary N) is 1. The van der Waals surface area contributed by atoms with Crippen molar-refractivity contribution >= 4 is 11.5 Å². The number of rotatable bonds is 7. The Balaban J connectivity index is 2.14. The molecule has 0 saturated heterocycles. The average Bonchev–Trinajstić information content (AvgIpc) is 2.51. The molecule has 0 atom stereocenters. The van der Waals surface area contributed by atoms with Gasteiger partial charge in [-0.15, -0.1) is 0 Å². The van der Waals surface area contributed by atoms with Gasteiger partial charge >= 0.3 is 0 Å². The number of hydrogen-bond donors (Lipinski definition) is 1. The van der Waals surface area contributed by atoms with Crippen LogP contribution in [-0.4, -0.2) is 18.1 Å². The molecule has 21 heavy (non-hydrogen) atoms. The van der Waals surface area contributed by atoms with Crippen molar-refractivity contribution in [1.29, 1.82) is 0 Å². The summed E-state index contributed by atoms with van der Waals surface area (Å²) < 4.78 is 13.9. The van der Waals surface area contributed by atoms with Crippen molar-refractivity contribution in [2.24, 2.45) is 0 Å². The van der Waals surface area contributed by atoms with E-state index in [9.17, 15) is 4.39 Å². The highest BCUT2D eigenvalue weighted by atomic mass is 19.1. The lowest BCUT2D eigenvalue weighted by Crippen LogP contribution is -2.19. The summed E-state index contributed by atoms with van der Waals surface area (Å²) in [6.45, 7) is 6.61. The molecule has 0 aliphatic rings. The Morgan fingerprint density at radius 2 is 1.95 bits per heavy atom. The number of nitrogens with zero attached hydrogens (tertiary/aromatic N) is 2. The lowest BCUT2D eigenvalue weighted by Gasteiger charge is -2.22. The first-order valence-electron chi connectivity index (χ1n) is 7.44. The third-order valence-corrected chi connectivity index (χ3v) is 3.30. The van der Waals surface area contributed by atoms with E-state index in [1.54, 1.807) is 12.1 Å². The maximum Gasteiger partial charge on any atom is 0.146 e. The largest absolute Gasteiger partial charge is 0.324 e. The van der Waals surface area contributed by atoms with Gasteiger partial charge in [-0.2, -0.15) is 0 Å². The number of para-hydroxylation sites is 1. The van der Waals surface area contributed by atoms with Crippen LogP contribution in [0.4, 0.5) is 15.9 Å². The summed E-state index contributed by atoms with van der Waals surface area (Å²) >= 11 is 0. The van der Waals surface area contributed by atoms with Crippen molar-refractivity contribution in [2.45, 2.75) is 26.8 Å². The summed E-state index contributed by atoms with van der Waals surface area (Å²) in [5, 5.41) is 3.34. The number of hydrogen-bond acceptors (Lipinski definition) is 3. The van der Waals surface area contributed by atoms with E-state index in [-0.39, 0.29) is 5.82 Å². The molecule has 112 valence electrons. The van der Waals surface area contributed by atoms with Gasteiger partial charge in [0.15, 0.2) is 0 Å². The predicted molar refractivity (Wildman–Crippen MR) is 85.3 cm³/mol. The zero-order valence-electron chi connectivity index (χ0n) is 12.6. The molecular weight excluding hydrogens is 265 g/mol. The number of benzene rings is 1. The van der Waals surface area contributed by atoms with E-state index in [0.29, 0.717) is 12.2 Å². The van der Waals surface area contributed by atoms with Crippen LogP contribution in [-0.2, 0) is 6.54 Å². The van der Waals surface area contributed by atoms with Gasteiger partial charge in [0.25, 0.3) is 0 Å². The monoisotopic (exact) mass is 287 g/mol. The molecule has 0 unspecified atom stereocenters. The molecule has 1 aromatic heterocycles. The van der Waals surface area contributed by atoms with Gasteiger partial charge in [-0.05, 0) is 43.7 Å². The van der Waals surface area contributed by atoms with E-state index in [2.05, 4.69) is 17.2 Å². The Bertz CT molecular complexity index is 554. The van der Waals surface area contributed by atoms with Crippen molar-refractivity contribution in [1.82, 2.24) is 10.3 Å². The van der Waals surface area contributed by atoms with Gasteiger partial charge in [0.2, 0.25) is 0 Å². The SMILES string of the molecule is CCCNCc1ccc(N(CC)c2ccccc2F)nc1. The van der Waals surface area contributed by atoms with Crippen LogP contribution in [0.25, 0.3) is 0 Å². The van der Waals surface area contributed by atoms with E-state index in [1.807, 2.05) is 36.2 Å². The van der Waals surface area contributed by atoms with E-state index in [0.717, 1.165) is 30.9 Å². The molecular formula is C17H22FN3. The zero-order chi connectivity index (χ0) is 15.1. The minimum Gasteiger partial charge on any atom is -0.324 e. The average molecular weight is 287 g/mol. The molecule has 4 heteroatoms. The lowest BCUT2D eigenvalue weighted by atomic mass is 10.2. The first-order valence-corrected chi connectivity index (χ1v) is 7.44. The number of aromatic nitrogens is 1. The maximum absolute atomic E-state index is 13.9. The molecule has 0 saturated carbocycles. The van der Waals surface area contributed by atoms with Crippen molar-refractivity contribution in [3.05, 3.63) is 54.0 Å². The van der Waals surface area contributed by atoms with Crippen LogP contribution in [0.2, 0.25) is 0 Å². The standard InChI is InChI=1S/C17H22FN3/c1-3-11-19-12-14-9-10-17(20-13-14)21(4-2)16-8-6-5-7-15(16)18/h5-10,13,19H,3-4,11-12H2,1-2H3. The van der Waals surface area contributed by atoms with Crippen LogP contribution in [0, 0.1) is 5.82 Å². The van der Waals surface area contributed by atoms with Crippen molar-refractivity contribution in [2.75, 3.05) is 18.0 Å². The molecule has 0 bridgehead atoms. The quantitative estimate of drug-likeness (QED) is 0.783. The Hall–Kier alpha value is -1.94. The van der Waals surface area contributed by atoms with Gasteiger partial charge in [0.05, 0.1) is 5.69 Å². The van der Waals surface area contributed by atoms with Crippen LogP contribution in [0.3, 0.4) is 0 Å². The van der Waals surface area contributed by atoms with Crippen LogP contribution in [0.15, 0.2) is 42.6 Å². The molecule has 0 aliphatic carbocycles. The zero-order valence-corrected chi connectivity index (χ0v) is 12.6. The van der Waals surface area contributed by atoms with Gasteiger partial charge < -0.3 is 10.2 Å². The predicted octanol–water partition coefficient (Wildman–Crippen LogP) is 3.88. The highest BCUT2D eigenvalue weighted by molar-refractivity contribution is 5.60. The van der Waals surface area contributed by atoms with Gasteiger partial charge in [-0.3, -0.25) is 0 Å². The van der Waals surface area contributed by atoms with Gasteiger partial charge in [0.1, 0.15) is 11.6 Å². The summed E-state index contributed by atoms with van der Waals surface area (Å²) in [6, 6.07) is 10.8. The smallest absolute Gasteiger partial charge is 0.146 e. The maximum atomic E-state index is 13.9. The highest BCUT2D eigenvalue weighted by Gasteiger charge is 2.12. The second kappa shape index (κ2) is 7.74. The Labute approximate surface area is 125 Å². The fraction of sp³-hybridized carbons (Fsp3) is 0.353. The molecule has 0 spiro atoms. The van der Waals surface area contributed by atoms with Crippen molar-refractivity contribution < 1.29 is 4.39 Å². The summed E-state index contributed by atoms with van der Waals surface area (Å²) in [6.07, 6.45) is 2.96. The van der Waals surface area contributed by atoms with E-state index in [4.69, 9.17) is 0 Å². The molecule has 0 aliphatic heterocycles. The highest BCUT2D eigenvalue weighted by Crippen LogP contribution is 2.25. The number of halogens is 1. The minimum atomic E-state index is -0.227. The van der Waals surface area contributed by atoms with E-state index in [1.165, 1.54) is 6.07 Å². The Morgan fingerprint density at radius 1 is 1.14 bits per heavy atom. The number of anilines is 2. The number of pyridine rings is 1. The van der Waals surface area contributed by atoms with Gasteiger partial charge in [-0.25, -0.2) is 9.37 Å². The van der Waals surface area contributed by atoms with Crippen molar-refractivity contribution in [3.8, 4) is 0 Å². The third-order valence-electron chi connectivity index (χ3n) is 3.30. The molecule has 1 heterocycles. The molecule has 1 aromatic carbocycles. The van der Waals surface area contributed by atoms with E-state index >= 15 is 0 Å². The van der Waals surface area contributed by atoms with Gasteiger partial charge in [0, 0.05) is 19.3 Å². The molecule has 2 aromatic rings. The topological polar surface area (TPSA) is 28.2 Å². The van der Waals surface area contributed by atoms with Crippen LogP contribution in [0.1, 0.15) is 25.8 Å². The fourth-order valence-corrected chi connectivity index (χ4v) is 2.22. The molecule has 1 N–H and O–H groups in total. The molecule has 3 nitrogen and oxygen atoms in total. The second-order valence-electron chi connectivity index (χ2n) is 4.90. The molecule has 2 rings (SSSR count). The second-order valence-corrected chi connectivity index (χ2v) is 4.90. The summed E-state index contributed by atoms with van der Waals surface area (Å²) in [5.74, 6) is 0.539. The van der Waals surface area contributed by atoms with Crippen molar-refractivity contribution in [3.63, 3.8) is 0 Å². The summed E-state index contributed by atoms with van der Waals surface area (Å²) in [4.78, 5) is 6.34. The van der Waals surface area contributed by atoms with Crippen LogP contribution >= 0.6 is 0 Å². The minimum absolute atomic E-state index is 0.227. The molecule has 0 amide bonds. The Morgan fingerprint density at radius 3 is 2.57 bits per heavy atom. The van der Waals surface area contributed by atoms with Crippen LogP contribution in [0.5, 0.6) is 0 Å². The van der Waals surface area contributed by atoms with Gasteiger partial charge in [-0.1, -0.05) is 25.1 Å². The van der Waals surface area contributed by atoms with E-state index < -0.39 is 0 Å². The molecule has 0 radical (unpaired) electrons. The summed E-state index contributed by atoms with van der Waals surface area (Å²) in [5.41, 5.74) is 1.70. The van der Waals surface area contributed by atoms with Crippen LogP contribution < -0.4 is 10.2 Å². The molecule has 0 fully saturated rings. The lowest BCUT2D eigenvalue weighted by molar-refractivity contribution is 0.625. The third kappa shape index (κ3) is 4.02. The first kappa shape index (κ1) is 15.4. The fourth-order valence-electron chi connectivity index (χ4n) is 2.22. The normalized spacial score (nSPS) is 10.6. The first-order chi connectivity index (χ1) is 10.3. The summed E-state index contributed by atoms with van der Waals surface area (Å²) in [7, 11) is 0. The Kier molecular flexibility index (Phi) is 5.69.